The monoisotopic (exact) mass is 251 g/mol. The van der Waals surface area contributed by atoms with Gasteiger partial charge >= 0.3 is 5.97 Å². The third-order valence-electron chi connectivity index (χ3n) is 2.64. The number of carbonyl (C=O) groups is 1. The molecule has 0 fully saturated rings. The van der Waals surface area contributed by atoms with E-state index in [0.29, 0.717) is 12.5 Å². The lowest BCUT2D eigenvalue weighted by Crippen LogP contribution is -2.20. The van der Waals surface area contributed by atoms with Crippen LogP contribution in [0.25, 0.3) is 0 Å². The summed E-state index contributed by atoms with van der Waals surface area (Å²) in [6.07, 6.45) is 2.59. The molecule has 1 rings (SSSR count). The van der Waals surface area contributed by atoms with Gasteiger partial charge in [0.15, 0.2) is 0 Å². The van der Waals surface area contributed by atoms with Crippen molar-refractivity contribution in [2.24, 2.45) is 11.8 Å². The quantitative estimate of drug-likeness (QED) is 0.778. The summed E-state index contributed by atoms with van der Waals surface area (Å²) >= 11 is 0. The van der Waals surface area contributed by atoms with Gasteiger partial charge in [-0.1, -0.05) is 13.8 Å². The van der Waals surface area contributed by atoms with Crippen LogP contribution in [0.15, 0.2) is 12.4 Å². The second-order valence-electron chi connectivity index (χ2n) is 5.02. The summed E-state index contributed by atoms with van der Waals surface area (Å²) < 4.78 is 0. The molecule has 18 heavy (non-hydrogen) atoms. The Labute approximate surface area is 108 Å². The normalized spacial score (nSPS) is 12.4. The lowest BCUT2D eigenvalue weighted by atomic mass is 9.94. The molecule has 0 aliphatic heterocycles. The fraction of sp³-hybridized carbons (Fsp3) is 0.615. The van der Waals surface area contributed by atoms with Crippen molar-refractivity contribution in [1.29, 1.82) is 0 Å². The Kier molecular flexibility index (Phi) is 5.55. The van der Waals surface area contributed by atoms with Crippen LogP contribution in [0.2, 0.25) is 0 Å². The van der Waals surface area contributed by atoms with Crippen molar-refractivity contribution in [3.8, 4) is 0 Å². The zero-order valence-electron chi connectivity index (χ0n) is 11.2. The molecule has 1 atom stereocenters. The molecule has 0 amide bonds. The Balaban J connectivity index is 2.52. The minimum Gasteiger partial charge on any atom is -0.481 e. The van der Waals surface area contributed by atoms with Gasteiger partial charge in [0.1, 0.15) is 12.1 Å². The van der Waals surface area contributed by atoms with Crippen LogP contribution in [0.4, 0.5) is 5.82 Å². The molecule has 0 saturated carbocycles. The fourth-order valence-electron chi connectivity index (χ4n) is 1.95. The van der Waals surface area contributed by atoms with Gasteiger partial charge in [0, 0.05) is 24.7 Å². The smallest absolute Gasteiger partial charge is 0.303 e. The minimum atomic E-state index is -0.749. The van der Waals surface area contributed by atoms with Gasteiger partial charge in [-0.3, -0.25) is 4.79 Å². The number of carboxylic acids is 1. The summed E-state index contributed by atoms with van der Waals surface area (Å²) in [6.45, 7) is 6.73. The Hall–Kier alpha value is -1.65. The topological polar surface area (TPSA) is 75.1 Å². The average Bonchev–Trinajstić information content (AvgIpc) is 2.24. The summed E-state index contributed by atoms with van der Waals surface area (Å²) in [5.41, 5.74) is 0.895. The molecule has 0 aliphatic carbocycles. The predicted octanol–water partition coefficient (Wildman–Crippen LogP) is 2.33. The number of aromatic nitrogens is 2. The van der Waals surface area contributed by atoms with E-state index in [2.05, 4.69) is 29.1 Å². The van der Waals surface area contributed by atoms with Gasteiger partial charge in [0.25, 0.3) is 0 Å². The standard InChI is InChI=1S/C13H21N3O2/c1-9(2)4-11(6-13(17)18)7-14-12-5-10(3)15-8-16-12/h5,8-9,11H,4,6-7H2,1-3H3,(H,17,18)(H,14,15,16). The fourth-order valence-corrected chi connectivity index (χ4v) is 1.95. The van der Waals surface area contributed by atoms with Crippen LogP contribution in [0.1, 0.15) is 32.4 Å². The van der Waals surface area contributed by atoms with E-state index >= 15 is 0 Å². The molecule has 1 aromatic rings. The Morgan fingerprint density at radius 2 is 2.17 bits per heavy atom. The number of anilines is 1. The number of hydrogen-bond donors (Lipinski definition) is 2. The third-order valence-corrected chi connectivity index (χ3v) is 2.64. The summed E-state index contributed by atoms with van der Waals surface area (Å²) in [5, 5.41) is 12.1. The highest BCUT2D eigenvalue weighted by molar-refractivity contribution is 5.67. The van der Waals surface area contributed by atoms with Gasteiger partial charge < -0.3 is 10.4 Å². The first-order valence-electron chi connectivity index (χ1n) is 6.21. The molecule has 0 aromatic carbocycles. The molecule has 100 valence electrons. The Morgan fingerprint density at radius 3 is 2.72 bits per heavy atom. The van der Waals surface area contributed by atoms with Crippen molar-refractivity contribution in [2.75, 3.05) is 11.9 Å². The van der Waals surface area contributed by atoms with Gasteiger partial charge in [0.05, 0.1) is 0 Å². The summed E-state index contributed by atoms with van der Waals surface area (Å²) in [7, 11) is 0. The molecule has 5 heteroatoms. The number of nitrogens with one attached hydrogen (secondary N) is 1. The highest BCUT2D eigenvalue weighted by atomic mass is 16.4. The van der Waals surface area contributed by atoms with Crippen molar-refractivity contribution in [2.45, 2.75) is 33.6 Å². The van der Waals surface area contributed by atoms with E-state index in [1.807, 2.05) is 13.0 Å². The van der Waals surface area contributed by atoms with Gasteiger partial charge in [-0.15, -0.1) is 0 Å². The predicted molar refractivity (Wildman–Crippen MR) is 70.5 cm³/mol. The maximum Gasteiger partial charge on any atom is 0.303 e. The summed E-state index contributed by atoms with van der Waals surface area (Å²) in [6, 6.07) is 1.85. The highest BCUT2D eigenvalue weighted by Crippen LogP contribution is 2.16. The molecule has 1 unspecified atom stereocenters. The molecule has 0 bridgehead atoms. The summed E-state index contributed by atoms with van der Waals surface area (Å²) in [5.74, 6) is 0.615. The highest BCUT2D eigenvalue weighted by Gasteiger charge is 2.15. The van der Waals surface area contributed by atoms with Crippen LogP contribution in [0.5, 0.6) is 0 Å². The van der Waals surface area contributed by atoms with E-state index in [9.17, 15) is 4.79 Å². The number of nitrogens with zero attached hydrogens (tertiary/aromatic N) is 2. The first kappa shape index (κ1) is 14.4. The van der Waals surface area contributed by atoms with Crippen LogP contribution in [0, 0.1) is 18.8 Å². The zero-order chi connectivity index (χ0) is 13.5. The van der Waals surface area contributed by atoms with Crippen LogP contribution >= 0.6 is 0 Å². The molecule has 0 aliphatic rings. The van der Waals surface area contributed by atoms with E-state index < -0.39 is 5.97 Å². The van der Waals surface area contributed by atoms with E-state index in [4.69, 9.17) is 5.11 Å². The van der Waals surface area contributed by atoms with E-state index in [0.717, 1.165) is 17.9 Å². The van der Waals surface area contributed by atoms with Gasteiger partial charge in [-0.2, -0.15) is 0 Å². The minimum absolute atomic E-state index is 0.123. The maximum absolute atomic E-state index is 10.8. The molecular weight excluding hydrogens is 230 g/mol. The van der Waals surface area contributed by atoms with Gasteiger partial charge in [0.2, 0.25) is 0 Å². The molecule has 0 saturated heterocycles. The Bertz CT molecular complexity index is 394. The molecule has 0 radical (unpaired) electrons. The van der Waals surface area contributed by atoms with Crippen molar-refractivity contribution in [1.82, 2.24) is 9.97 Å². The van der Waals surface area contributed by atoms with Crippen molar-refractivity contribution in [3.63, 3.8) is 0 Å². The third kappa shape index (κ3) is 5.61. The number of aliphatic carboxylic acids is 1. The molecule has 2 N–H and O–H groups in total. The lowest BCUT2D eigenvalue weighted by molar-refractivity contribution is -0.138. The van der Waals surface area contributed by atoms with Crippen LogP contribution in [0.3, 0.4) is 0 Å². The first-order chi connectivity index (χ1) is 8.47. The number of rotatable bonds is 7. The largest absolute Gasteiger partial charge is 0.481 e. The maximum atomic E-state index is 10.8. The number of carboxylic acid groups (broad SMARTS) is 1. The van der Waals surface area contributed by atoms with Crippen molar-refractivity contribution >= 4 is 11.8 Å². The molecule has 0 spiro atoms. The van der Waals surface area contributed by atoms with Crippen LogP contribution in [-0.2, 0) is 4.79 Å². The molecule has 1 heterocycles. The lowest BCUT2D eigenvalue weighted by Gasteiger charge is -2.18. The second-order valence-corrected chi connectivity index (χ2v) is 5.02. The average molecular weight is 251 g/mol. The SMILES string of the molecule is Cc1cc(NCC(CC(=O)O)CC(C)C)ncn1. The summed E-state index contributed by atoms with van der Waals surface area (Å²) in [4.78, 5) is 18.9. The molecule has 5 nitrogen and oxygen atoms in total. The van der Waals surface area contributed by atoms with Crippen LogP contribution in [-0.4, -0.2) is 27.6 Å². The molecule has 1 aromatic heterocycles. The van der Waals surface area contributed by atoms with E-state index in [1.165, 1.54) is 6.33 Å². The number of hydrogen-bond acceptors (Lipinski definition) is 4. The van der Waals surface area contributed by atoms with Gasteiger partial charge in [-0.25, -0.2) is 9.97 Å². The second kappa shape index (κ2) is 6.93. The van der Waals surface area contributed by atoms with E-state index in [-0.39, 0.29) is 12.3 Å². The molecular formula is C13H21N3O2. The first-order valence-corrected chi connectivity index (χ1v) is 6.21. The van der Waals surface area contributed by atoms with E-state index in [1.54, 1.807) is 0 Å². The van der Waals surface area contributed by atoms with Crippen molar-refractivity contribution in [3.05, 3.63) is 18.1 Å². The van der Waals surface area contributed by atoms with Crippen LogP contribution < -0.4 is 5.32 Å². The number of aryl methyl sites for hydroxylation is 1. The van der Waals surface area contributed by atoms with Crippen molar-refractivity contribution < 1.29 is 9.90 Å². The zero-order valence-corrected chi connectivity index (χ0v) is 11.2. The van der Waals surface area contributed by atoms with Gasteiger partial charge in [-0.05, 0) is 25.2 Å². The Morgan fingerprint density at radius 1 is 1.44 bits per heavy atom.